The zero-order valence-corrected chi connectivity index (χ0v) is 18.2. The van der Waals surface area contributed by atoms with E-state index in [-0.39, 0.29) is 0 Å². The molecule has 0 amide bonds. The molecule has 28 heavy (non-hydrogen) atoms. The lowest BCUT2D eigenvalue weighted by atomic mass is 9.61. The van der Waals surface area contributed by atoms with E-state index in [1.165, 1.54) is 69.8 Å². The first-order valence-corrected chi connectivity index (χ1v) is 12.1. The maximum absolute atomic E-state index is 2.44. The fraction of sp³-hybridized carbons (Fsp3) is 0.643. The second-order valence-corrected chi connectivity index (χ2v) is 9.95. The molecule has 4 rings (SSSR count). The summed E-state index contributed by atoms with van der Waals surface area (Å²) in [6.07, 6.45) is 25.0. The molecular weight excluding hydrogens is 336 g/mol. The predicted molar refractivity (Wildman–Crippen MR) is 122 cm³/mol. The van der Waals surface area contributed by atoms with Crippen LogP contribution in [-0.4, -0.2) is 0 Å². The highest BCUT2D eigenvalue weighted by atomic mass is 14.4. The molecule has 0 radical (unpaired) electrons. The lowest BCUT2D eigenvalue weighted by Gasteiger charge is -2.45. The van der Waals surface area contributed by atoms with Gasteiger partial charge in [0.25, 0.3) is 0 Å². The number of hydrogen-bond donors (Lipinski definition) is 0. The van der Waals surface area contributed by atoms with Crippen LogP contribution in [0.25, 0.3) is 6.08 Å². The highest BCUT2D eigenvalue weighted by Crippen LogP contribution is 2.49. The Labute approximate surface area is 173 Å². The van der Waals surface area contributed by atoms with E-state index in [9.17, 15) is 0 Å². The van der Waals surface area contributed by atoms with Gasteiger partial charge in [0.2, 0.25) is 0 Å². The first-order valence-electron chi connectivity index (χ1n) is 12.1. The molecule has 0 saturated heterocycles. The Morgan fingerprint density at radius 2 is 1.61 bits per heavy atom. The normalized spacial score (nSPS) is 33.1. The van der Waals surface area contributed by atoms with E-state index >= 15 is 0 Å². The summed E-state index contributed by atoms with van der Waals surface area (Å²) in [4.78, 5) is 0. The minimum atomic E-state index is 0.952. The van der Waals surface area contributed by atoms with Gasteiger partial charge in [-0.2, -0.15) is 0 Å². The van der Waals surface area contributed by atoms with Crippen molar-refractivity contribution in [2.24, 2.45) is 29.6 Å². The molecule has 0 spiro atoms. The van der Waals surface area contributed by atoms with E-state index in [2.05, 4.69) is 56.4 Å². The number of hydrogen-bond acceptors (Lipinski definition) is 0. The summed E-state index contributed by atoms with van der Waals surface area (Å²) in [5.41, 5.74) is 4.66. The van der Waals surface area contributed by atoms with Crippen LogP contribution in [0.2, 0.25) is 0 Å². The average Bonchev–Trinajstić information content (AvgIpc) is 2.73. The molecule has 3 aliphatic rings. The Hall–Kier alpha value is -1.30. The van der Waals surface area contributed by atoms with Crippen LogP contribution in [0.1, 0.15) is 88.3 Å². The quantitative estimate of drug-likeness (QED) is 0.456. The van der Waals surface area contributed by atoms with E-state index in [1.54, 1.807) is 17.5 Å². The standard InChI is InChI=1S/C28H40/c1-3-5-6-8-22-10-12-26-20-28(16-14-24(26)18-22)27-15-13-23-17-21(7-4-2)9-11-25(23)19-27/h3-5,7,9,11,17,22,24,26-28H,6,8,10,12-16,18-20H2,1-2H3/t22-,24?,26-,27?,28?/m1/s1. The number of benzene rings is 1. The number of rotatable bonds is 5. The van der Waals surface area contributed by atoms with Gasteiger partial charge < -0.3 is 0 Å². The van der Waals surface area contributed by atoms with Gasteiger partial charge in [-0.1, -0.05) is 48.9 Å². The molecule has 0 heterocycles. The second kappa shape index (κ2) is 9.47. The molecule has 3 aliphatic carbocycles. The lowest BCUT2D eigenvalue weighted by Crippen LogP contribution is -2.35. The van der Waals surface area contributed by atoms with Crippen molar-refractivity contribution < 1.29 is 0 Å². The summed E-state index contributed by atoms with van der Waals surface area (Å²) < 4.78 is 0. The Bertz CT molecular complexity index is 694. The largest absolute Gasteiger partial charge is 0.0917 e. The van der Waals surface area contributed by atoms with Crippen LogP contribution in [0.3, 0.4) is 0 Å². The van der Waals surface area contributed by atoms with Crippen molar-refractivity contribution in [2.75, 3.05) is 0 Å². The molecule has 2 fully saturated rings. The van der Waals surface area contributed by atoms with Crippen LogP contribution in [0.5, 0.6) is 0 Å². The highest BCUT2D eigenvalue weighted by Gasteiger charge is 2.38. The molecule has 0 aromatic heterocycles. The van der Waals surface area contributed by atoms with Gasteiger partial charge in [0.1, 0.15) is 0 Å². The minimum absolute atomic E-state index is 0.952. The Morgan fingerprint density at radius 1 is 0.821 bits per heavy atom. The first kappa shape index (κ1) is 20.0. The van der Waals surface area contributed by atoms with Gasteiger partial charge in [-0.3, -0.25) is 0 Å². The van der Waals surface area contributed by atoms with Crippen LogP contribution in [-0.2, 0) is 12.8 Å². The molecule has 0 nitrogen and oxygen atoms in total. The van der Waals surface area contributed by atoms with Crippen LogP contribution >= 0.6 is 0 Å². The van der Waals surface area contributed by atoms with E-state index in [1.807, 2.05) is 0 Å². The Kier molecular flexibility index (Phi) is 6.76. The molecular formula is C28H40. The molecule has 0 heteroatoms. The monoisotopic (exact) mass is 376 g/mol. The summed E-state index contributed by atoms with van der Waals surface area (Å²) in [6.45, 7) is 4.27. The Morgan fingerprint density at radius 3 is 2.43 bits per heavy atom. The van der Waals surface area contributed by atoms with Gasteiger partial charge in [-0.05, 0) is 124 Å². The van der Waals surface area contributed by atoms with E-state index in [0.29, 0.717) is 0 Å². The molecule has 1 aromatic carbocycles. The van der Waals surface area contributed by atoms with E-state index < -0.39 is 0 Å². The Balaban J connectivity index is 1.32. The molecule has 5 atom stereocenters. The van der Waals surface area contributed by atoms with Crippen molar-refractivity contribution in [3.63, 3.8) is 0 Å². The summed E-state index contributed by atoms with van der Waals surface area (Å²) in [6, 6.07) is 7.20. The minimum Gasteiger partial charge on any atom is -0.0917 e. The molecule has 0 bridgehead atoms. The molecule has 0 N–H and O–H groups in total. The number of fused-ring (bicyclic) bond motifs is 2. The average molecular weight is 377 g/mol. The van der Waals surface area contributed by atoms with Gasteiger partial charge in [-0.25, -0.2) is 0 Å². The van der Waals surface area contributed by atoms with Crippen molar-refractivity contribution in [1.29, 1.82) is 0 Å². The second-order valence-electron chi connectivity index (χ2n) is 9.95. The van der Waals surface area contributed by atoms with Crippen molar-refractivity contribution in [2.45, 2.75) is 84.5 Å². The van der Waals surface area contributed by atoms with Crippen molar-refractivity contribution in [1.82, 2.24) is 0 Å². The van der Waals surface area contributed by atoms with E-state index in [0.717, 1.165) is 29.6 Å². The third-order valence-electron chi connectivity index (χ3n) is 8.26. The maximum atomic E-state index is 2.44. The van der Waals surface area contributed by atoms with Crippen LogP contribution in [0, 0.1) is 29.6 Å². The highest BCUT2D eigenvalue weighted by molar-refractivity contribution is 5.52. The topological polar surface area (TPSA) is 0 Å². The zero-order valence-electron chi connectivity index (χ0n) is 18.2. The summed E-state index contributed by atoms with van der Waals surface area (Å²) >= 11 is 0. The zero-order chi connectivity index (χ0) is 19.3. The molecule has 152 valence electrons. The van der Waals surface area contributed by atoms with Crippen molar-refractivity contribution >= 4 is 6.08 Å². The van der Waals surface area contributed by atoms with E-state index in [4.69, 9.17) is 0 Å². The maximum Gasteiger partial charge on any atom is -0.0245 e. The fourth-order valence-electron chi connectivity index (χ4n) is 6.71. The summed E-state index contributed by atoms with van der Waals surface area (Å²) in [7, 11) is 0. The fourth-order valence-corrected chi connectivity index (χ4v) is 6.71. The van der Waals surface area contributed by atoms with Crippen LogP contribution < -0.4 is 0 Å². The number of allylic oxidation sites excluding steroid dienone is 3. The third kappa shape index (κ3) is 4.64. The van der Waals surface area contributed by atoms with Crippen LogP contribution in [0.15, 0.2) is 36.4 Å². The summed E-state index contributed by atoms with van der Waals surface area (Å²) in [5, 5.41) is 0. The third-order valence-corrected chi connectivity index (χ3v) is 8.26. The molecule has 1 aromatic rings. The lowest BCUT2D eigenvalue weighted by molar-refractivity contribution is 0.0699. The summed E-state index contributed by atoms with van der Waals surface area (Å²) in [5.74, 6) is 5.08. The molecule has 2 saturated carbocycles. The first-order chi connectivity index (χ1) is 13.8. The van der Waals surface area contributed by atoms with Gasteiger partial charge >= 0.3 is 0 Å². The van der Waals surface area contributed by atoms with Crippen molar-refractivity contribution in [3.8, 4) is 0 Å². The predicted octanol–water partition coefficient (Wildman–Crippen LogP) is 8.01. The SMILES string of the molecule is CC=CCC[C@@H]1CC[C@@H]2CC(C3CCc4cc(C=CC)ccc4C3)CCC2C1. The molecule has 3 unspecified atom stereocenters. The van der Waals surface area contributed by atoms with Gasteiger partial charge in [0.15, 0.2) is 0 Å². The smallest absolute Gasteiger partial charge is 0.0245 e. The van der Waals surface area contributed by atoms with Gasteiger partial charge in [0, 0.05) is 0 Å². The van der Waals surface area contributed by atoms with Crippen LogP contribution in [0.4, 0.5) is 0 Å². The van der Waals surface area contributed by atoms with Crippen molar-refractivity contribution in [3.05, 3.63) is 53.1 Å². The van der Waals surface area contributed by atoms with Gasteiger partial charge in [-0.15, -0.1) is 0 Å². The molecule has 0 aliphatic heterocycles. The number of aryl methyl sites for hydroxylation is 1. The van der Waals surface area contributed by atoms with Gasteiger partial charge in [0.05, 0.1) is 0 Å².